The van der Waals surface area contributed by atoms with Gasteiger partial charge in [-0.25, -0.2) is 0 Å². The molecule has 0 saturated carbocycles. The molecule has 1 aromatic rings. The van der Waals surface area contributed by atoms with Crippen molar-refractivity contribution in [2.75, 3.05) is 11.9 Å². The van der Waals surface area contributed by atoms with Gasteiger partial charge in [-0.3, -0.25) is 4.79 Å². The molecule has 0 heterocycles. The molecular weight excluding hydrogens is 262 g/mol. The van der Waals surface area contributed by atoms with Crippen molar-refractivity contribution in [2.45, 2.75) is 46.5 Å². The highest BCUT2D eigenvalue weighted by atomic mass is 16.2. The van der Waals surface area contributed by atoms with Gasteiger partial charge in [0.2, 0.25) is 5.91 Å². The quantitative estimate of drug-likeness (QED) is 0.787. The maximum Gasteiger partial charge on any atom is 0.227 e. The van der Waals surface area contributed by atoms with Crippen LogP contribution in [0.2, 0.25) is 0 Å². The lowest BCUT2D eigenvalue weighted by Crippen LogP contribution is -2.23. The van der Waals surface area contributed by atoms with Crippen molar-refractivity contribution in [2.24, 2.45) is 5.92 Å². The normalized spacial score (nSPS) is 10.1. The number of carbonyl (C=O) groups excluding carboxylic acids is 1. The summed E-state index contributed by atoms with van der Waals surface area (Å²) in [6, 6.07) is 5.75. The zero-order chi connectivity index (χ0) is 15.7. The summed E-state index contributed by atoms with van der Waals surface area (Å²) in [5.41, 5.74) is 2.55. The van der Waals surface area contributed by atoms with E-state index in [1.807, 2.05) is 25.1 Å². The molecule has 0 bridgehead atoms. The van der Waals surface area contributed by atoms with Gasteiger partial charge in [-0.05, 0) is 37.5 Å². The summed E-state index contributed by atoms with van der Waals surface area (Å²) in [5, 5.41) is 11.8. The fourth-order valence-corrected chi connectivity index (χ4v) is 2.34. The van der Waals surface area contributed by atoms with Crippen LogP contribution in [0.5, 0.6) is 0 Å². The SMILES string of the molecule is CCCC(CCC)C(=O)Nc1cc(C)ccc1C#CCO. The average Bonchev–Trinajstić information content (AvgIpc) is 2.46. The number of aliphatic hydroxyl groups is 1. The number of carbonyl (C=O) groups is 1. The molecule has 3 nitrogen and oxygen atoms in total. The van der Waals surface area contributed by atoms with Crippen LogP contribution in [0.3, 0.4) is 0 Å². The highest BCUT2D eigenvalue weighted by Gasteiger charge is 2.17. The number of amides is 1. The Labute approximate surface area is 127 Å². The summed E-state index contributed by atoms with van der Waals surface area (Å²) in [7, 11) is 0. The van der Waals surface area contributed by atoms with E-state index < -0.39 is 0 Å². The van der Waals surface area contributed by atoms with E-state index in [9.17, 15) is 4.79 Å². The van der Waals surface area contributed by atoms with Crippen molar-refractivity contribution in [1.82, 2.24) is 0 Å². The van der Waals surface area contributed by atoms with Gasteiger partial charge in [-0.2, -0.15) is 0 Å². The van der Waals surface area contributed by atoms with Crippen molar-refractivity contribution in [3.8, 4) is 11.8 Å². The van der Waals surface area contributed by atoms with Crippen molar-refractivity contribution >= 4 is 11.6 Å². The minimum atomic E-state index is -0.185. The lowest BCUT2D eigenvalue weighted by atomic mass is 9.97. The fourth-order valence-electron chi connectivity index (χ4n) is 2.34. The van der Waals surface area contributed by atoms with E-state index in [0.29, 0.717) is 0 Å². The average molecular weight is 287 g/mol. The molecular formula is C18H25NO2. The number of rotatable bonds is 6. The van der Waals surface area contributed by atoms with Gasteiger partial charge in [-0.15, -0.1) is 0 Å². The minimum Gasteiger partial charge on any atom is -0.384 e. The number of hydrogen-bond acceptors (Lipinski definition) is 2. The molecule has 21 heavy (non-hydrogen) atoms. The van der Waals surface area contributed by atoms with E-state index in [1.54, 1.807) is 0 Å². The van der Waals surface area contributed by atoms with Crippen LogP contribution in [0.25, 0.3) is 0 Å². The van der Waals surface area contributed by atoms with Crippen LogP contribution in [0.4, 0.5) is 5.69 Å². The molecule has 0 aliphatic heterocycles. The first-order valence-corrected chi connectivity index (χ1v) is 7.63. The first-order chi connectivity index (χ1) is 10.1. The van der Waals surface area contributed by atoms with Crippen molar-refractivity contribution in [3.05, 3.63) is 29.3 Å². The molecule has 1 amide bonds. The number of aliphatic hydroxyl groups excluding tert-OH is 1. The van der Waals surface area contributed by atoms with E-state index >= 15 is 0 Å². The molecule has 1 rings (SSSR count). The van der Waals surface area contributed by atoms with E-state index in [4.69, 9.17) is 5.11 Å². The Bertz CT molecular complexity index is 520. The van der Waals surface area contributed by atoms with Gasteiger partial charge < -0.3 is 10.4 Å². The second kappa shape index (κ2) is 9.20. The third kappa shape index (κ3) is 5.61. The second-order valence-electron chi connectivity index (χ2n) is 5.27. The van der Waals surface area contributed by atoms with Gasteiger partial charge in [0.25, 0.3) is 0 Å². The van der Waals surface area contributed by atoms with Crippen LogP contribution in [0.15, 0.2) is 18.2 Å². The molecule has 0 unspecified atom stereocenters. The zero-order valence-corrected chi connectivity index (χ0v) is 13.2. The van der Waals surface area contributed by atoms with E-state index in [0.717, 1.165) is 42.5 Å². The highest BCUT2D eigenvalue weighted by molar-refractivity contribution is 5.94. The molecule has 0 aliphatic rings. The van der Waals surface area contributed by atoms with Crippen molar-refractivity contribution in [3.63, 3.8) is 0 Å². The van der Waals surface area contributed by atoms with Gasteiger partial charge in [0, 0.05) is 11.5 Å². The maximum atomic E-state index is 12.4. The zero-order valence-electron chi connectivity index (χ0n) is 13.2. The Hall–Kier alpha value is -1.79. The van der Waals surface area contributed by atoms with Crippen LogP contribution in [-0.2, 0) is 4.79 Å². The van der Waals surface area contributed by atoms with Crippen LogP contribution < -0.4 is 5.32 Å². The third-order valence-electron chi connectivity index (χ3n) is 3.38. The summed E-state index contributed by atoms with van der Waals surface area (Å²) in [5.74, 6) is 5.64. The Kier molecular flexibility index (Phi) is 7.56. The standard InChI is InChI=1S/C18H25NO2/c1-4-7-16(8-5-2)18(21)19-17-13-14(3)10-11-15(17)9-6-12-20/h10-11,13,16,20H,4-5,7-8,12H2,1-3H3,(H,19,21). The Morgan fingerprint density at radius 3 is 2.52 bits per heavy atom. The molecule has 3 heteroatoms. The first kappa shape index (κ1) is 17.3. The van der Waals surface area contributed by atoms with Gasteiger partial charge in [0.15, 0.2) is 0 Å². The molecule has 0 atom stereocenters. The van der Waals surface area contributed by atoms with Crippen LogP contribution in [0, 0.1) is 24.7 Å². The van der Waals surface area contributed by atoms with Crippen molar-refractivity contribution < 1.29 is 9.90 Å². The summed E-state index contributed by atoms with van der Waals surface area (Å²) < 4.78 is 0. The smallest absolute Gasteiger partial charge is 0.227 e. The van der Waals surface area contributed by atoms with Crippen LogP contribution in [0.1, 0.15) is 50.7 Å². The summed E-state index contributed by atoms with van der Waals surface area (Å²) >= 11 is 0. The topological polar surface area (TPSA) is 49.3 Å². The summed E-state index contributed by atoms with van der Waals surface area (Å²) in [4.78, 5) is 12.4. The lowest BCUT2D eigenvalue weighted by molar-refractivity contribution is -0.120. The van der Waals surface area contributed by atoms with Crippen LogP contribution in [-0.4, -0.2) is 17.6 Å². The van der Waals surface area contributed by atoms with Gasteiger partial charge in [0.1, 0.15) is 6.61 Å². The maximum absolute atomic E-state index is 12.4. The lowest BCUT2D eigenvalue weighted by Gasteiger charge is -2.16. The second-order valence-corrected chi connectivity index (χ2v) is 5.27. The molecule has 1 aromatic carbocycles. The molecule has 114 valence electrons. The van der Waals surface area contributed by atoms with E-state index in [1.165, 1.54) is 0 Å². The highest BCUT2D eigenvalue weighted by Crippen LogP contribution is 2.20. The summed E-state index contributed by atoms with van der Waals surface area (Å²) in [6.07, 6.45) is 3.82. The predicted molar refractivity (Wildman–Crippen MR) is 87.1 cm³/mol. The molecule has 0 aromatic heterocycles. The Balaban J connectivity index is 2.94. The molecule has 0 fully saturated rings. The largest absolute Gasteiger partial charge is 0.384 e. The van der Waals surface area contributed by atoms with Gasteiger partial charge in [-0.1, -0.05) is 44.6 Å². The van der Waals surface area contributed by atoms with Crippen LogP contribution >= 0.6 is 0 Å². The third-order valence-corrected chi connectivity index (χ3v) is 3.38. The molecule has 2 N–H and O–H groups in total. The molecule has 0 saturated heterocycles. The first-order valence-electron chi connectivity index (χ1n) is 7.63. The van der Waals surface area contributed by atoms with Crippen molar-refractivity contribution in [1.29, 1.82) is 0 Å². The van der Waals surface area contributed by atoms with Gasteiger partial charge in [0.05, 0.1) is 5.69 Å². The Morgan fingerprint density at radius 1 is 1.29 bits per heavy atom. The van der Waals surface area contributed by atoms with E-state index in [-0.39, 0.29) is 18.4 Å². The fraction of sp³-hybridized carbons (Fsp3) is 0.500. The molecule has 0 radical (unpaired) electrons. The van der Waals surface area contributed by atoms with Gasteiger partial charge >= 0.3 is 0 Å². The van der Waals surface area contributed by atoms with E-state index in [2.05, 4.69) is 31.0 Å². The number of benzene rings is 1. The molecule has 0 aliphatic carbocycles. The number of hydrogen-bond donors (Lipinski definition) is 2. The monoisotopic (exact) mass is 287 g/mol. The number of nitrogens with one attached hydrogen (secondary N) is 1. The minimum absolute atomic E-state index is 0.0548. The molecule has 0 spiro atoms. The summed E-state index contributed by atoms with van der Waals surface area (Å²) in [6.45, 7) is 5.99. The predicted octanol–water partition coefficient (Wildman–Crippen LogP) is 3.49. The number of aryl methyl sites for hydroxylation is 1. The Morgan fingerprint density at radius 2 is 1.95 bits per heavy atom. The number of anilines is 1.